The Balaban J connectivity index is 1.69. The van der Waals surface area contributed by atoms with Crippen molar-refractivity contribution >= 4 is 17.7 Å². The van der Waals surface area contributed by atoms with Crippen LogP contribution < -0.4 is 5.32 Å². The minimum absolute atomic E-state index is 0.126. The summed E-state index contributed by atoms with van der Waals surface area (Å²) < 4.78 is 0. The van der Waals surface area contributed by atoms with Gasteiger partial charge in [-0.2, -0.15) is 11.8 Å². The molecule has 2 aliphatic heterocycles. The predicted octanol–water partition coefficient (Wildman–Crippen LogP) is 1.62. The lowest BCUT2D eigenvalue weighted by Crippen LogP contribution is -2.55. The Morgan fingerprint density at radius 3 is 2.88 bits per heavy atom. The molecule has 3 aliphatic rings. The normalized spacial score (nSPS) is 37.9. The van der Waals surface area contributed by atoms with Crippen molar-refractivity contribution in [2.24, 2.45) is 0 Å². The van der Waals surface area contributed by atoms with E-state index in [9.17, 15) is 4.79 Å². The van der Waals surface area contributed by atoms with Crippen LogP contribution in [0.2, 0.25) is 0 Å². The van der Waals surface area contributed by atoms with Gasteiger partial charge in [0.25, 0.3) is 0 Å². The molecule has 0 aromatic rings. The second kappa shape index (κ2) is 5.19. The molecule has 1 aliphatic carbocycles. The topological polar surface area (TPSA) is 32.3 Å². The average molecular weight is 254 g/mol. The van der Waals surface area contributed by atoms with Crippen LogP contribution >= 0.6 is 11.8 Å². The van der Waals surface area contributed by atoms with Gasteiger partial charge in [0, 0.05) is 23.6 Å². The Labute approximate surface area is 108 Å². The molecular weight excluding hydrogens is 232 g/mol. The lowest BCUT2D eigenvalue weighted by molar-refractivity contribution is -0.135. The molecule has 96 valence electrons. The Morgan fingerprint density at radius 1 is 1.18 bits per heavy atom. The second-order valence-electron chi connectivity index (χ2n) is 5.44. The summed E-state index contributed by atoms with van der Waals surface area (Å²) in [6.07, 6.45) is 7.42. The van der Waals surface area contributed by atoms with Crippen LogP contribution in [0.1, 0.15) is 38.5 Å². The maximum absolute atomic E-state index is 12.5. The number of nitrogens with one attached hydrogen (secondary N) is 1. The van der Waals surface area contributed by atoms with Crippen molar-refractivity contribution in [1.82, 2.24) is 10.2 Å². The molecule has 0 aromatic heterocycles. The Bertz CT molecular complexity index is 289. The molecule has 1 amide bonds. The molecule has 0 radical (unpaired) electrons. The number of nitrogens with zero attached hydrogens (tertiary/aromatic N) is 1. The van der Waals surface area contributed by atoms with Gasteiger partial charge in [0.15, 0.2) is 0 Å². The number of carbonyl (C=O) groups is 1. The fraction of sp³-hybridized carbons (Fsp3) is 0.923. The zero-order valence-electron chi connectivity index (χ0n) is 10.4. The van der Waals surface area contributed by atoms with E-state index in [-0.39, 0.29) is 6.04 Å². The molecule has 0 aromatic carbocycles. The highest BCUT2D eigenvalue weighted by Gasteiger charge is 2.38. The maximum Gasteiger partial charge on any atom is 0.240 e. The highest BCUT2D eigenvalue weighted by atomic mass is 32.2. The van der Waals surface area contributed by atoms with Crippen LogP contribution in [0.25, 0.3) is 0 Å². The summed E-state index contributed by atoms with van der Waals surface area (Å²) in [5, 5.41) is 4.08. The number of amides is 1. The Morgan fingerprint density at radius 2 is 2.06 bits per heavy atom. The van der Waals surface area contributed by atoms with Crippen LogP contribution in [0.15, 0.2) is 0 Å². The van der Waals surface area contributed by atoms with Crippen LogP contribution in [0.4, 0.5) is 0 Å². The van der Waals surface area contributed by atoms with E-state index in [0.29, 0.717) is 11.9 Å². The van der Waals surface area contributed by atoms with Crippen molar-refractivity contribution in [2.75, 3.05) is 18.8 Å². The van der Waals surface area contributed by atoms with Crippen LogP contribution in [0, 0.1) is 0 Å². The third-order valence-corrected chi connectivity index (χ3v) is 5.77. The monoisotopic (exact) mass is 254 g/mol. The second-order valence-corrected chi connectivity index (χ2v) is 6.79. The van der Waals surface area contributed by atoms with Gasteiger partial charge in [-0.3, -0.25) is 4.79 Å². The fourth-order valence-corrected chi connectivity index (χ4v) is 4.91. The zero-order chi connectivity index (χ0) is 11.7. The van der Waals surface area contributed by atoms with Crippen LogP contribution in [0.3, 0.4) is 0 Å². The minimum atomic E-state index is 0.126. The van der Waals surface area contributed by atoms with Gasteiger partial charge in [-0.05, 0) is 32.2 Å². The van der Waals surface area contributed by atoms with Gasteiger partial charge < -0.3 is 10.2 Å². The standard InChI is InChI=1S/C13H22N2OS/c16-13(10-4-3-7-14-10)15-8-9-17-12-6-2-1-5-11(12)15/h10-12,14H,1-9H2. The average Bonchev–Trinajstić information content (AvgIpc) is 2.91. The number of fused-ring (bicyclic) bond motifs is 1. The SMILES string of the molecule is O=C(C1CCCN1)N1CCSC2CCCCC21. The van der Waals surface area contributed by atoms with E-state index in [0.717, 1.165) is 36.9 Å². The first kappa shape index (κ1) is 11.8. The maximum atomic E-state index is 12.5. The summed E-state index contributed by atoms with van der Waals surface area (Å²) in [7, 11) is 0. The van der Waals surface area contributed by atoms with Gasteiger partial charge in [-0.25, -0.2) is 0 Å². The van der Waals surface area contributed by atoms with Crippen LogP contribution in [-0.2, 0) is 4.79 Å². The first-order valence-electron chi connectivity index (χ1n) is 7.02. The molecule has 0 spiro atoms. The molecular formula is C13H22N2OS. The van der Waals surface area contributed by atoms with Gasteiger partial charge in [0.05, 0.1) is 6.04 Å². The largest absolute Gasteiger partial charge is 0.336 e. The first-order chi connectivity index (χ1) is 8.36. The van der Waals surface area contributed by atoms with Crippen molar-refractivity contribution in [2.45, 2.75) is 55.9 Å². The van der Waals surface area contributed by atoms with Crippen molar-refractivity contribution in [1.29, 1.82) is 0 Å². The lowest BCUT2D eigenvalue weighted by Gasteiger charge is -2.44. The highest BCUT2D eigenvalue weighted by molar-refractivity contribution is 8.00. The van der Waals surface area contributed by atoms with E-state index < -0.39 is 0 Å². The van der Waals surface area contributed by atoms with Gasteiger partial charge >= 0.3 is 0 Å². The lowest BCUT2D eigenvalue weighted by atomic mass is 9.92. The highest BCUT2D eigenvalue weighted by Crippen LogP contribution is 2.36. The summed E-state index contributed by atoms with van der Waals surface area (Å²) in [6, 6.07) is 0.665. The van der Waals surface area contributed by atoms with Crippen molar-refractivity contribution in [3.63, 3.8) is 0 Å². The van der Waals surface area contributed by atoms with E-state index in [1.165, 1.54) is 25.7 Å². The van der Waals surface area contributed by atoms with Crippen molar-refractivity contribution in [3.05, 3.63) is 0 Å². The van der Waals surface area contributed by atoms with E-state index in [2.05, 4.69) is 22.0 Å². The molecule has 3 atom stereocenters. The molecule has 2 saturated heterocycles. The molecule has 3 fully saturated rings. The van der Waals surface area contributed by atoms with Crippen molar-refractivity contribution < 1.29 is 4.79 Å². The van der Waals surface area contributed by atoms with Gasteiger partial charge in [-0.15, -0.1) is 0 Å². The first-order valence-corrected chi connectivity index (χ1v) is 8.06. The molecule has 3 unspecified atom stereocenters. The summed E-state index contributed by atoms with van der Waals surface area (Å²) in [5.41, 5.74) is 0. The van der Waals surface area contributed by atoms with Crippen molar-refractivity contribution in [3.8, 4) is 0 Å². The third kappa shape index (κ3) is 2.34. The molecule has 1 N–H and O–H groups in total. The molecule has 3 nitrogen and oxygen atoms in total. The fourth-order valence-electron chi connectivity index (χ4n) is 3.47. The van der Waals surface area contributed by atoms with Crippen LogP contribution in [0.5, 0.6) is 0 Å². The van der Waals surface area contributed by atoms with E-state index in [4.69, 9.17) is 0 Å². The number of carbonyl (C=O) groups excluding carboxylic acids is 1. The van der Waals surface area contributed by atoms with E-state index >= 15 is 0 Å². The molecule has 17 heavy (non-hydrogen) atoms. The summed E-state index contributed by atoms with van der Waals surface area (Å²) in [6.45, 7) is 2.00. The molecule has 4 heteroatoms. The smallest absolute Gasteiger partial charge is 0.240 e. The van der Waals surface area contributed by atoms with E-state index in [1.54, 1.807) is 0 Å². The minimum Gasteiger partial charge on any atom is -0.336 e. The molecule has 1 saturated carbocycles. The molecule has 0 bridgehead atoms. The molecule has 3 rings (SSSR count). The number of thioether (sulfide) groups is 1. The van der Waals surface area contributed by atoms with Crippen LogP contribution in [-0.4, -0.2) is 47.0 Å². The predicted molar refractivity (Wildman–Crippen MR) is 71.2 cm³/mol. The molecule has 2 heterocycles. The number of rotatable bonds is 1. The summed E-state index contributed by atoms with van der Waals surface area (Å²) in [4.78, 5) is 14.7. The number of hydrogen-bond donors (Lipinski definition) is 1. The summed E-state index contributed by atoms with van der Waals surface area (Å²) >= 11 is 2.10. The third-order valence-electron chi connectivity index (χ3n) is 4.37. The van der Waals surface area contributed by atoms with Gasteiger partial charge in [0.1, 0.15) is 0 Å². The Kier molecular flexibility index (Phi) is 3.61. The summed E-state index contributed by atoms with van der Waals surface area (Å²) in [5.74, 6) is 1.53. The van der Waals surface area contributed by atoms with Gasteiger partial charge in [-0.1, -0.05) is 12.8 Å². The van der Waals surface area contributed by atoms with E-state index in [1.807, 2.05) is 0 Å². The van der Waals surface area contributed by atoms with Gasteiger partial charge in [0.2, 0.25) is 5.91 Å². The Hall–Kier alpha value is -0.220. The zero-order valence-corrected chi connectivity index (χ0v) is 11.2. The quantitative estimate of drug-likeness (QED) is 0.772. The number of hydrogen-bond acceptors (Lipinski definition) is 3.